The summed E-state index contributed by atoms with van der Waals surface area (Å²) in [6.45, 7) is 0.359. The van der Waals surface area contributed by atoms with Gasteiger partial charge < -0.3 is 10.6 Å². The number of hydrogen-bond acceptors (Lipinski definition) is 4. The molecule has 0 aliphatic heterocycles. The van der Waals surface area contributed by atoms with Gasteiger partial charge in [-0.15, -0.1) is 0 Å². The second-order valence-corrected chi connectivity index (χ2v) is 6.56. The maximum atomic E-state index is 13.2. The van der Waals surface area contributed by atoms with E-state index in [2.05, 4.69) is 15.6 Å². The van der Waals surface area contributed by atoms with Gasteiger partial charge in [-0.3, -0.25) is 9.59 Å². The molecule has 0 aliphatic rings. The molecule has 3 aromatic rings. The molecule has 5 nitrogen and oxygen atoms in total. The molecule has 0 atom stereocenters. The van der Waals surface area contributed by atoms with Gasteiger partial charge in [-0.25, -0.2) is 13.8 Å². The number of aromatic nitrogens is 1. The van der Waals surface area contributed by atoms with Gasteiger partial charge in [-0.2, -0.15) is 0 Å². The number of nitrogens with one attached hydrogen (secondary N) is 2. The fourth-order valence-corrected chi connectivity index (χ4v) is 3.19. The van der Waals surface area contributed by atoms with Crippen molar-refractivity contribution >= 4 is 38.5 Å². The maximum Gasteiger partial charge on any atom is 0.251 e. The fourth-order valence-electron chi connectivity index (χ4n) is 2.30. The molecule has 2 aromatic carbocycles. The first-order valence-electron chi connectivity index (χ1n) is 7.91. The summed E-state index contributed by atoms with van der Waals surface area (Å²) < 4.78 is 26.8. The molecular formula is C18H15F2N3O2S. The van der Waals surface area contributed by atoms with Crippen molar-refractivity contribution in [1.29, 1.82) is 0 Å². The summed E-state index contributed by atoms with van der Waals surface area (Å²) in [6.07, 6.45) is 0.645. The lowest BCUT2D eigenvalue weighted by molar-refractivity contribution is -0.116. The summed E-state index contributed by atoms with van der Waals surface area (Å²) in [5.74, 6) is -2.40. The Bertz CT molecular complexity index is 905. The molecule has 0 radical (unpaired) electrons. The van der Waals surface area contributed by atoms with E-state index in [0.29, 0.717) is 28.7 Å². The predicted molar refractivity (Wildman–Crippen MR) is 96.2 cm³/mol. The third-order valence-electron chi connectivity index (χ3n) is 3.58. The average Bonchev–Trinajstić information content (AvgIpc) is 3.00. The normalized spacial score (nSPS) is 10.7. The Hall–Kier alpha value is -2.87. The van der Waals surface area contributed by atoms with Gasteiger partial charge in [0.2, 0.25) is 5.91 Å². The largest absolute Gasteiger partial charge is 0.352 e. The van der Waals surface area contributed by atoms with E-state index in [1.807, 2.05) is 6.07 Å². The average molecular weight is 375 g/mol. The van der Waals surface area contributed by atoms with Crippen molar-refractivity contribution in [1.82, 2.24) is 10.3 Å². The predicted octanol–water partition coefficient (Wildman–Crippen LogP) is 3.72. The first kappa shape index (κ1) is 17.9. The second-order valence-electron chi connectivity index (χ2n) is 5.53. The van der Waals surface area contributed by atoms with Crippen molar-refractivity contribution in [3.63, 3.8) is 0 Å². The lowest BCUT2D eigenvalue weighted by Gasteiger charge is -2.05. The maximum absolute atomic E-state index is 13.2. The van der Waals surface area contributed by atoms with E-state index in [4.69, 9.17) is 0 Å². The van der Waals surface area contributed by atoms with Crippen LogP contribution in [0.1, 0.15) is 23.2 Å². The number of carbonyl (C=O) groups is 2. The van der Waals surface area contributed by atoms with E-state index in [9.17, 15) is 18.4 Å². The van der Waals surface area contributed by atoms with Crippen LogP contribution >= 0.6 is 11.3 Å². The number of nitrogens with zero attached hydrogens (tertiary/aromatic N) is 1. The lowest BCUT2D eigenvalue weighted by Crippen LogP contribution is -2.25. The van der Waals surface area contributed by atoms with Gasteiger partial charge in [0.05, 0.1) is 10.2 Å². The molecule has 8 heteroatoms. The van der Waals surface area contributed by atoms with E-state index < -0.39 is 11.6 Å². The van der Waals surface area contributed by atoms with Gasteiger partial charge in [0, 0.05) is 24.6 Å². The van der Waals surface area contributed by atoms with Crippen LogP contribution in [0.5, 0.6) is 0 Å². The number of amides is 2. The molecule has 0 saturated heterocycles. The molecule has 0 spiro atoms. The highest BCUT2D eigenvalue weighted by molar-refractivity contribution is 7.22. The summed E-state index contributed by atoms with van der Waals surface area (Å²) in [5, 5.41) is 5.62. The van der Waals surface area contributed by atoms with Gasteiger partial charge in [-0.1, -0.05) is 29.5 Å². The molecule has 0 saturated carbocycles. The molecular weight excluding hydrogens is 360 g/mol. The topological polar surface area (TPSA) is 71.1 Å². The summed E-state index contributed by atoms with van der Waals surface area (Å²) in [5.41, 5.74) is 0.852. The minimum Gasteiger partial charge on any atom is -0.352 e. The fraction of sp³-hybridized carbons (Fsp3) is 0.167. The molecule has 1 heterocycles. The van der Waals surface area contributed by atoms with E-state index in [-0.39, 0.29) is 23.4 Å². The van der Waals surface area contributed by atoms with Crippen LogP contribution in [0.2, 0.25) is 0 Å². The monoisotopic (exact) mass is 375 g/mol. The minimum absolute atomic E-state index is 0.188. The number of rotatable bonds is 6. The third-order valence-corrected chi connectivity index (χ3v) is 4.51. The number of fused-ring (bicyclic) bond motifs is 1. The van der Waals surface area contributed by atoms with Gasteiger partial charge in [0.25, 0.3) is 5.91 Å². The van der Waals surface area contributed by atoms with Crippen LogP contribution in [0, 0.1) is 11.6 Å². The summed E-state index contributed by atoms with van der Waals surface area (Å²) >= 11 is 1.07. The van der Waals surface area contributed by atoms with Gasteiger partial charge in [0.15, 0.2) is 16.8 Å². The molecule has 134 valence electrons. The van der Waals surface area contributed by atoms with Crippen molar-refractivity contribution in [3.8, 4) is 0 Å². The summed E-state index contributed by atoms with van der Waals surface area (Å²) in [4.78, 5) is 27.8. The Morgan fingerprint density at radius 2 is 1.81 bits per heavy atom. The first-order valence-corrected chi connectivity index (χ1v) is 8.73. The molecule has 1 aromatic heterocycles. The van der Waals surface area contributed by atoms with Crippen LogP contribution in [0.4, 0.5) is 13.9 Å². The molecule has 0 fully saturated rings. The van der Waals surface area contributed by atoms with Crippen LogP contribution in [0.3, 0.4) is 0 Å². The number of hydrogen-bond donors (Lipinski definition) is 2. The molecule has 0 unspecified atom stereocenters. The highest BCUT2D eigenvalue weighted by Crippen LogP contribution is 2.27. The van der Waals surface area contributed by atoms with E-state index in [1.54, 1.807) is 24.3 Å². The summed E-state index contributed by atoms with van der Waals surface area (Å²) in [7, 11) is 0. The van der Waals surface area contributed by atoms with Crippen LogP contribution in [-0.2, 0) is 4.79 Å². The van der Waals surface area contributed by atoms with Crippen LogP contribution in [0.15, 0.2) is 42.5 Å². The molecule has 0 bridgehead atoms. The minimum atomic E-state index is -0.977. The number of carbonyl (C=O) groups excluding carboxylic acids is 2. The Labute approximate surface area is 152 Å². The van der Waals surface area contributed by atoms with Crippen molar-refractivity contribution in [2.75, 3.05) is 11.9 Å². The zero-order valence-corrected chi connectivity index (χ0v) is 14.4. The quantitative estimate of drug-likeness (QED) is 0.645. The van der Waals surface area contributed by atoms with Crippen molar-refractivity contribution in [3.05, 3.63) is 59.7 Å². The van der Waals surface area contributed by atoms with E-state index in [0.717, 1.165) is 23.5 Å². The second kappa shape index (κ2) is 8.01. The Balaban J connectivity index is 1.46. The molecule has 26 heavy (non-hydrogen) atoms. The van der Waals surface area contributed by atoms with Crippen LogP contribution in [-0.4, -0.2) is 23.3 Å². The van der Waals surface area contributed by atoms with Gasteiger partial charge in [-0.05, 0) is 24.6 Å². The van der Waals surface area contributed by atoms with Crippen molar-refractivity contribution in [2.24, 2.45) is 0 Å². The first-order chi connectivity index (χ1) is 12.5. The van der Waals surface area contributed by atoms with Crippen molar-refractivity contribution < 1.29 is 18.4 Å². The SMILES string of the molecule is O=C(CCCNC(=O)c1ccccc1)Nc1nc2cc(F)c(F)cc2s1. The standard InChI is InChI=1S/C18H15F2N3O2S/c19-12-9-14-15(10-13(12)20)26-18(22-14)23-16(24)7-4-8-21-17(25)11-5-2-1-3-6-11/h1-3,5-6,9-10H,4,7-8H2,(H,21,25)(H,22,23,24). The highest BCUT2D eigenvalue weighted by atomic mass is 32.1. The van der Waals surface area contributed by atoms with Crippen LogP contribution < -0.4 is 10.6 Å². The Morgan fingerprint density at radius 3 is 2.58 bits per heavy atom. The zero-order valence-electron chi connectivity index (χ0n) is 13.6. The Morgan fingerprint density at radius 1 is 1.08 bits per heavy atom. The number of halogens is 2. The summed E-state index contributed by atoms with van der Waals surface area (Å²) in [6, 6.07) is 10.8. The molecule has 3 rings (SSSR count). The van der Waals surface area contributed by atoms with Gasteiger partial charge in [0.1, 0.15) is 0 Å². The molecule has 2 N–H and O–H groups in total. The Kier molecular flexibility index (Phi) is 5.52. The lowest BCUT2D eigenvalue weighted by atomic mass is 10.2. The van der Waals surface area contributed by atoms with E-state index in [1.165, 1.54) is 0 Å². The van der Waals surface area contributed by atoms with E-state index >= 15 is 0 Å². The molecule has 0 aliphatic carbocycles. The molecule has 2 amide bonds. The van der Waals surface area contributed by atoms with Gasteiger partial charge >= 0.3 is 0 Å². The van der Waals surface area contributed by atoms with Crippen molar-refractivity contribution in [2.45, 2.75) is 12.8 Å². The number of thiazole rings is 1. The smallest absolute Gasteiger partial charge is 0.251 e. The number of benzene rings is 2. The highest BCUT2D eigenvalue weighted by Gasteiger charge is 2.11. The third kappa shape index (κ3) is 4.40. The number of anilines is 1. The van der Waals surface area contributed by atoms with Crippen LogP contribution in [0.25, 0.3) is 10.2 Å². The zero-order chi connectivity index (χ0) is 18.5.